The number of nitrogens with one attached hydrogen (secondary N) is 1. The molecule has 2 atom stereocenters. The van der Waals surface area contributed by atoms with Gasteiger partial charge < -0.3 is 15.8 Å². The van der Waals surface area contributed by atoms with Gasteiger partial charge in [-0.15, -0.1) is 11.3 Å². The summed E-state index contributed by atoms with van der Waals surface area (Å²) in [5.41, 5.74) is 7.60. The van der Waals surface area contributed by atoms with Gasteiger partial charge in [-0.25, -0.2) is 4.79 Å². The Kier molecular flexibility index (Phi) is 5.49. The first-order valence-corrected chi connectivity index (χ1v) is 10.2. The molecule has 4 rings (SSSR count). The Labute approximate surface area is 177 Å². The minimum Gasteiger partial charge on any atom is -0.438 e. The van der Waals surface area contributed by atoms with Gasteiger partial charge in [-0.05, 0) is 34.7 Å². The van der Waals surface area contributed by atoms with E-state index in [2.05, 4.69) is 5.32 Å². The number of carbonyl (C=O) groups excluding carboxylic acids is 3. The normalized spacial score (nSPS) is 18.1. The van der Waals surface area contributed by atoms with Gasteiger partial charge in [-0.1, -0.05) is 48.5 Å². The predicted molar refractivity (Wildman–Crippen MR) is 113 cm³/mol. The van der Waals surface area contributed by atoms with Crippen molar-refractivity contribution in [3.63, 3.8) is 0 Å². The Balaban J connectivity index is 1.57. The van der Waals surface area contributed by atoms with Gasteiger partial charge in [0.25, 0.3) is 5.91 Å². The zero-order chi connectivity index (χ0) is 21.1. The number of hydrogen-bond donors (Lipinski definition) is 2. The van der Waals surface area contributed by atoms with Crippen LogP contribution in [0.15, 0.2) is 72.1 Å². The van der Waals surface area contributed by atoms with Crippen LogP contribution in [0.3, 0.4) is 0 Å². The van der Waals surface area contributed by atoms with Crippen LogP contribution >= 0.6 is 11.3 Å². The van der Waals surface area contributed by atoms with Crippen LogP contribution in [-0.2, 0) is 16.1 Å². The van der Waals surface area contributed by atoms with Crippen LogP contribution < -0.4 is 11.1 Å². The second-order valence-electron chi connectivity index (χ2n) is 6.82. The summed E-state index contributed by atoms with van der Waals surface area (Å²) in [5, 5.41) is 4.64. The Morgan fingerprint density at radius 3 is 2.57 bits per heavy atom. The monoisotopic (exact) mass is 421 g/mol. The number of nitrogens with zero attached hydrogens (tertiary/aromatic N) is 1. The van der Waals surface area contributed by atoms with Crippen molar-refractivity contribution in [2.75, 3.05) is 5.32 Å². The maximum absolute atomic E-state index is 12.5. The first-order valence-electron chi connectivity index (χ1n) is 9.28. The average molecular weight is 421 g/mol. The minimum atomic E-state index is -0.957. The quantitative estimate of drug-likeness (QED) is 0.635. The number of amides is 3. The van der Waals surface area contributed by atoms with Crippen LogP contribution in [0.25, 0.3) is 0 Å². The van der Waals surface area contributed by atoms with Gasteiger partial charge in [0, 0.05) is 5.69 Å². The molecule has 1 saturated heterocycles. The fourth-order valence-electron chi connectivity index (χ4n) is 3.41. The molecule has 3 N–H and O–H groups in total. The van der Waals surface area contributed by atoms with E-state index in [-0.39, 0.29) is 12.5 Å². The van der Waals surface area contributed by atoms with Crippen LogP contribution in [0, 0.1) is 0 Å². The number of rotatable bonds is 6. The number of primary amides is 1. The number of benzene rings is 2. The van der Waals surface area contributed by atoms with Gasteiger partial charge in [0.1, 0.15) is 0 Å². The Morgan fingerprint density at radius 1 is 1.07 bits per heavy atom. The first-order chi connectivity index (χ1) is 14.5. The molecule has 0 aliphatic carbocycles. The number of carbonyl (C=O) groups is 3. The van der Waals surface area contributed by atoms with Crippen molar-refractivity contribution in [3.05, 3.63) is 88.1 Å². The number of thiophene rings is 1. The number of anilines is 1. The molecule has 2 heterocycles. The van der Waals surface area contributed by atoms with E-state index in [1.807, 2.05) is 35.7 Å². The molecule has 1 aromatic heterocycles. The zero-order valence-electron chi connectivity index (χ0n) is 15.9. The highest BCUT2D eigenvalue weighted by Gasteiger charge is 2.46. The SMILES string of the molecule is NC(=O)[C@@H]1[C@H](c2cccc(NC(=O)c3cccs3)c2)OC(=O)N1Cc1ccccc1. The smallest absolute Gasteiger partial charge is 0.411 e. The molecule has 3 amide bonds. The molecule has 7 nitrogen and oxygen atoms in total. The second kappa shape index (κ2) is 8.38. The summed E-state index contributed by atoms with van der Waals surface area (Å²) < 4.78 is 5.51. The van der Waals surface area contributed by atoms with E-state index < -0.39 is 24.1 Å². The molecule has 0 spiro atoms. The van der Waals surface area contributed by atoms with Crippen LogP contribution in [0.4, 0.5) is 10.5 Å². The third kappa shape index (κ3) is 4.04. The fourth-order valence-corrected chi connectivity index (χ4v) is 4.03. The molecular formula is C22H19N3O4S. The third-order valence-corrected chi connectivity index (χ3v) is 5.66. The molecule has 3 aromatic rings. The first kappa shape index (κ1) is 19.7. The summed E-state index contributed by atoms with van der Waals surface area (Å²) in [7, 11) is 0. The molecule has 0 unspecified atom stereocenters. The maximum Gasteiger partial charge on any atom is 0.411 e. The van der Waals surface area contributed by atoms with Crippen molar-refractivity contribution in [1.82, 2.24) is 4.90 Å². The molecule has 1 aliphatic heterocycles. The lowest BCUT2D eigenvalue weighted by Gasteiger charge is -2.22. The number of cyclic esters (lactones) is 1. The lowest BCUT2D eigenvalue weighted by Crippen LogP contribution is -2.43. The van der Waals surface area contributed by atoms with E-state index >= 15 is 0 Å². The van der Waals surface area contributed by atoms with Crippen LogP contribution in [0.1, 0.15) is 26.9 Å². The Morgan fingerprint density at radius 2 is 1.87 bits per heavy atom. The maximum atomic E-state index is 12.5. The molecule has 2 aromatic carbocycles. The van der Waals surface area contributed by atoms with E-state index in [0.717, 1.165) is 5.56 Å². The van der Waals surface area contributed by atoms with Crippen LogP contribution in [-0.4, -0.2) is 28.8 Å². The highest BCUT2D eigenvalue weighted by Crippen LogP contribution is 2.34. The van der Waals surface area contributed by atoms with Crippen molar-refractivity contribution in [2.45, 2.75) is 18.7 Å². The van der Waals surface area contributed by atoms with Crippen molar-refractivity contribution in [2.24, 2.45) is 5.73 Å². The van der Waals surface area contributed by atoms with Gasteiger partial charge in [0.15, 0.2) is 12.1 Å². The highest BCUT2D eigenvalue weighted by molar-refractivity contribution is 7.12. The van der Waals surface area contributed by atoms with E-state index in [1.54, 1.807) is 36.4 Å². The molecule has 1 fully saturated rings. The van der Waals surface area contributed by atoms with Crippen molar-refractivity contribution in [1.29, 1.82) is 0 Å². The van der Waals surface area contributed by atoms with Crippen molar-refractivity contribution >= 4 is 34.9 Å². The van der Waals surface area contributed by atoms with E-state index in [0.29, 0.717) is 16.1 Å². The van der Waals surface area contributed by atoms with Crippen LogP contribution in [0.5, 0.6) is 0 Å². The minimum absolute atomic E-state index is 0.207. The number of nitrogens with two attached hydrogens (primary N) is 1. The van der Waals surface area contributed by atoms with Gasteiger partial charge in [-0.2, -0.15) is 0 Å². The van der Waals surface area contributed by atoms with Gasteiger partial charge in [0.05, 0.1) is 11.4 Å². The summed E-state index contributed by atoms with van der Waals surface area (Å²) in [6, 6.07) is 18.8. The summed E-state index contributed by atoms with van der Waals surface area (Å²) in [6.45, 7) is 0.207. The zero-order valence-corrected chi connectivity index (χ0v) is 16.7. The molecule has 0 saturated carbocycles. The molecule has 0 bridgehead atoms. The van der Waals surface area contributed by atoms with Gasteiger partial charge >= 0.3 is 6.09 Å². The Hall–Kier alpha value is -3.65. The largest absolute Gasteiger partial charge is 0.438 e. The third-order valence-electron chi connectivity index (χ3n) is 4.79. The summed E-state index contributed by atoms with van der Waals surface area (Å²) >= 11 is 1.34. The lowest BCUT2D eigenvalue weighted by molar-refractivity contribution is -0.123. The average Bonchev–Trinajstić information content (AvgIpc) is 3.38. The molecule has 8 heteroatoms. The highest BCUT2D eigenvalue weighted by atomic mass is 32.1. The Bertz CT molecular complexity index is 1070. The number of ether oxygens (including phenoxy) is 1. The molecule has 152 valence electrons. The van der Waals surface area contributed by atoms with Gasteiger partial charge in [-0.3, -0.25) is 14.5 Å². The van der Waals surface area contributed by atoms with E-state index in [1.165, 1.54) is 16.2 Å². The molecule has 30 heavy (non-hydrogen) atoms. The predicted octanol–water partition coefficient (Wildman–Crippen LogP) is 3.55. The van der Waals surface area contributed by atoms with E-state index in [4.69, 9.17) is 10.5 Å². The summed E-state index contributed by atoms with van der Waals surface area (Å²) in [4.78, 5) is 39.0. The molecule has 0 radical (unpaired) electrons. The van der Waals surface area contributed by atoms with Crippen LogP contribution in [0.2, 0.25) is 0 Å². The second-order valence-corrected chi connectivity index (χ2v) is 7.77. The molecule has 1 aliphatic rings. The fraction of sp³-hybridized carbons (Fsp3) is 0.136. The summed E-state index contributed by atoms with van der Waals surface area (Å²) in [6.07, 6.45) is -1.47. The number of hydrogen-bond acceptors (Lipinski definition) is 5. The van der Waals surface area contributed by atoms with Gasteiger partial charge in [0.2, 0.25) is 5.91 Å². The van der Waals surface area contributed by atoms with Crippen molar-refractivity contribution in [3.8, 4) is 0 Å². The van der Waals surface area contributed by atoms with Crippen molar-refractivity contribution < 1.29 is 19.1 Å². The van der Waals surface area contributed by atoms with E-state index in [9.17, 15) is 14.4 Å². The standard InChI is InChI=1S/C22H19N3O4S/c23-20(26)18-19(29-22(28)25(18)13-14-6-2-1-3-7-14)15-8-4-9-16(12-15)24-21(27)17-10-5-11-30-17/h1-12,18-19H,13H2,(H2,23,26)(H,24,27)/t18-,19-/m0/s1. The lowest BCUT2D eigenvalue weighted by atomic mass is 10.0. The topological polar surface area (TPSA) is 102 Å². The summed E-state index contributed by atoms with van der Waals surface area (Å²) in [5.74, 6) is -0.891. The molecular weight excluding hydrogens is 402 g/mol.